The molecule has 3 rings (SSSR count). The van der Waals surface area contributed by atoms with Crippen molar-refractivity contribution >= 4 is 50.8 Å². The molecule has 2 heterocycles. The van der Waals surface area contributed by atoms with Gasteiger partial charge in [-0.3, -0.25) is 9.52 Å². The number of halogens is 1. The normalized spacial score (nSPS) is 11.7. The van der Waals surface area contributed by atoms with Crippen molar-refractivity contribution in [3.63, 3.8) is 0 Å². The van der Waals surface area contributed by atoms with Gasteiger partial charge in [0.2, 0.25) is 5.91 Å². The summed E-state index contributed by atoms with van der Waals surface area (Å²) in [4.78, 5) is 12.3. The van der Waals surface area contributed by atoms with Crippen LogP contribution in [0.3, 0.4) is 0 Å². The van der Waals surface area contributed by atoms with Crippen LogP contribution in [0.15, 0.2) is 45.1 Å². The van der Waals surface area contributed by atoms with Crippen LogP contribution in [-0.4, -0.2) is 19.5 Å². The third-order valence-electron chi connectivity index (χ3n) is 3.82. The number of carbonyl (C=O) groups excluding carboxylic acids is 1. The van der Waals surface area contributed by atoms with Gasteiger partial charge in [0, 0.05) is 11.3 Å². The first kappa shape index (κ1) is 20.7. The number of benzene rings is 1. The van der Waals surface area contributed by atoms with E-state index in [1.54, 1.807) is 32.1 Å². The molecule has 0 saturated carbocycles. The van der Waals surface area contributed by atoms with Gasteiger partial charge in [0.05, 0.1) is 5.69 Å². The van der Waals surface area contributed by atoms with Crippen LogP contribution in [0.25, 0.3) is 12.2 Å². The minimum absolute atomic E-state index is 0.0784. The number of hydrogen-bond acceptors (Lipinski definition) is 6. The maximum absolute atomic E-state index is 13.3. The van der Waals surface area contributed by atoms with Crippen LogP contribution in [0.4, 0.5) is 15.8 Å². The van der Waals surface area contributed by atoms with E-state index in [9.17, 15) is 17.6 Å². The van der Waals surface area contributed by atoms with E-state index < -0.39 is 15.8 Å². The van der Waals surface area contributed by atoms with Crippen molar-refractivity contribution in [2.24, 2.45) is 0 Å². The quantitative estimate of drug-likeness (QED) is 0.569. The van der Waals surface area contributed by atoms with Crippen LogP contribution in [0, 0.1) is 12.7 Å². The predicted molar refractivity (Wildman–Crippen MR) is 111 cm³/mol. The molecule has 0 radical (unpaired) electrons. The number of rotatable bonds is 7. The van der Waals surface area contributed by atoms with Gasteiger partial charge in [0.1, 0.15) is 21.4 Å². The summed E-state index contributed by atoms with van der Waals surface area (Å²) in [5, 5.41) is 6.57. The second kappa shape index (κ2) is 8.58. The number of nitrogens with zero attached hydrogens (tertiary/aromatic N) is 1. The summed E-state index contributed by atoms with van der Waals surface area (Å²) >= 11 is 1.03. The van der Waals surface area contributed by atoms with E-state index in [4.69, 9.17) is 4.52 Å². The van der Waals surface area contributed by atoms with Crippen LogP contribution in [0.5, 0.6) is 0 Å². The van der Waals surface area contributed by atoms with Crippen molar-refractivity contribution in [1.82, 2.24) is 5.16 Å². The molecular formula is C19H18FN3O4S2. The highest BCUT2D eigenvalue weighted by atomic mass is 32.2. The summed E-state index contributed by atoms with van der Waals surface area (Å²) < 4.78 is 45.9. The largest absolute Gasteiger partial charge is 0.354 e. The Bertz CT molecular complexity index is 1170. The first-order valence-corrected chi connectivity index (χ1v) is 10.9. The molecule has 0 saturated heterocycles. The summed E-state index contributed by atoms with van der Waals surface area (Å²) in [5.41, 5.74) is 1.16. The standard InChI is InChI=1S/C19H18FN3O4S2/c1-3-17(24)21-19-12(2)22-27-16(19)9-7-15-8-10-18(28-15)29(25,26)23-14-6-4-5-13(20)11-14/h4-11,23H,3H2,1-2H3,(H,21,24)/b9-7+. The maximum Gasteiger partial charge on any atom is 0.271 e. The molecule has 7 nitrogen and oxygen atoms in total. The van der Waals surface area contributed by atoms with Gasteiger partial charge in [0.25, 0.3) is 10.0 Å². The van der Waals surface area contributed by atoms with E-state index in [1.807, 2.05) is 0 Å². The van der Waals surface area contributed by atoms with Crippen LogP contribution in [-0.2, 0) is 14.8 Å². The zero-order valence-corrected chi connectivity index (χ0v) is 17.2. The van der Waals surface area contributed by atoms with Crippen LogP contribution in [0.1, 0.15) is 29.7 Å². The third-order valence-corrected chi connectivity index (χ3v) is 6.74. The number of amides is 1. The first-order chi connectivity index (χ1) is 13.8. The summed E-state index contributed by atoms with van der Waals surface area (Å²) in [6.45, 7) is 3.44. The lowest BCUT2D eigenvalue weighted by Gasteiger charge is -2.05. The van der Waals surface area contributed by atoms with Crippen molar-refractivity contribution in [3.8, 4) is 0 Å². The Morgan fingerprint density at radius 1 is 1.28 bits per heavy atom. The van der Waals surface area contributed by atoms with E-state index in [1.165, 1.54) is 24.3 Å². The zero-order valence-electron chi connectivity index (χ0n) is 15.6. The number of aryl methyl sites for hydroxylation is 1. The number of thiophene rings is 1. The Morgan fingerprint density at radius 2 is 2.07 bits per heavy atom. The molecule has 0 aliphatic rings. The van der Waals surface area contributed by atoms with Gasteiger partial charge in [-0.05, 0) is 49.4 Å². The monoisotopic (exact) mass is 435 g/mol. The zero-order chi connectivity index (χ0) is 21.0. The molecule has 2 aromatic heterocycles. The highest BCUT2D eigenvalue weighted by molar-refractivity contribution is 7.94. The average Bonchev–Trinajstić information content (AvgIpc) is 3.28. The summed E-state index contributed by atoms with van der Waals surface area (Å²) in [7, 11) is -3.84. The fourth-order valence-corrected chi connectivity index (χ4v) is 4.64. The number of aromatic nitrogens is 1. The topological polar surface area (TPSA) is 101 Å². The van der Waals surface area contributed by atoms with Crippen LogP contribution in [0.2, 0.25) is 0 Å². The fraction of sp³-hybridized carbons (Fsp3) is 0.158. The third kappa shape index (κ3) is 5.09. The van der Waals surface area contributed by atoms with E-state index in [0.717, 1.165) is 17.4 Å². The van der Waals surface area contributed by atoms with E-state index in [-0.39, 0.29) is 15.8 Å². The lowest BCUT2D eigenvalue weighted by molar-refractivity contribution is -0.115. The fourth-order valence-electron chi connectivity index (χ4n) is 2.36. The van der Waals surface area contributed by atoms with Crippen molar-refractivity contribution in [2.75, 3.05) is 10.0 Å². The highest BCUT2D eigenvalue weighted by Crippen LogP contribution is 2.27. The summed E-state index contributed by atoms with van der Waals surface area (Å²) in [6, 6.07) is 8.31. The van der Waals surface area contributed by atoms with Crippen LogP contribution >= 0.6 is 11.3 Å². The van der Waals surface area contributed by atoms with Crippen molar-refractivity contribution in [2.45, 2.75) is 24.5 Å². The molecule has 1 amide bonds. The van der Waals surface area contributed by atoms with Crippen LogP contribution < -0.4 is 10.0 Å². The van der Waals surface area contributed by atoms with Gasteiger partial charge >= 0.3 is 0 Å². The van der Waals surface area contributed by atoms with Crippen molar-refractivity contribution in [1.29, 1.82) is 0 Å². The SMILES string of the molecule is CCC(=O)Nc1c(C)noc1/C=C/c1ccc(S(=O)(=O)Nc2cccc(F)c2)s1. The summed E-state index contributed by atoms with van der Waals surface area (Å²) in [6.07, 6.45) is 3.58. The minimum atomic E-state index is -3.84. The Labute approximate surface area is 171 Å². The van der Waals surface area contributed by atoms with Crippen molar-refractivity contribution < 1.29 is 22.1 Å². The van der Waals surface area contributed by atoms with Gasteiger partial charge in [-0.2, -0.15) is 0 Å². The van der Waals surface area contributed by atoms with E-state index in [2.05, 4.69) is 15.2 Å². The van der Waals surface area contributed by atoms with Gasteiger partial charge in [-0.25, -0.2) is 12.8 Å². The second-order valence-electron chi connectivity index (χ2n) is 6.01. The van der Waals surface area contributed by atoms with Gasteiger partial charge in [-0.15, -0.1) is 11.3 Å². The maximum atomic E-state index is 13.3. The van der Waals surface area contributed by atoms with E-state index >= 15 is 0 Å². The van der Waals surface area contributed by atoms with E-state index in [0.29, 0.717) is 28.4 Å². The lowest BCUT2D eigenvalue weighted by Crippen LogP contribution is -2.11. The molecule has 0 atom stereocenters. The second-order valence-corrected chi connectivity index (χ2v) is 9.04. The Hall–Kier alpha value is -2.98. The molecule has 0 bridgehead atoms. The molecule has 10 heteroatoms. The molecule has 0 spiro atoms. The predicted octanol–water partition coefficient (Wildman–Crippen LogP) is 4.50. The molecule has 3 aromatic rings. The molecule has 0 unspecified atom stereocenters. The average molecular weight is 436 g/mol. The molecule has 1 aromatic carbocycles. The molecule has 0 aliphatic heterocycles. The van der Waals surface area contributed by atoms with Gasteiger partial charge in [-0.1, -0.05) is 18.1 Å². The Morgan fingerprint density at radius 3 is 2.79 bits per heavy atom. The lowest BCUT2D eigenvalue weighted by atomic mass is 10.2. The Kier molecular flexibility index (Phi) is 6.14. The van der Waals surface area contributed by atoms with Crippen molar-refractivity contribution in [3.05, 3.63) is 58.5 Å². The highest BCUT2D eigenvalue weighted by Gasteiger charge is 2.17. The number of anilines is 2. The minimum Gasteiger partial charge on any atom is -0.354 e. The number of sulfonamides is 1. The molecule has 2 N–H and O–H groups in total. The first-order valence-electron chi connectivity index (χ1n) is 8.61. The smallest absolute Gasteiger partial charge is 0.271 e. The molecule has 0 fully saturated rings. The number of carbonyl (C=O) groups is 1. The molecule has 29 heavy (non-hydrogen) atoms. The molecule has 0 aliphatic carbocycles. The molecule has 152 valence electrons. The van der Waals surface area contributed by atoms with Gasteiger partial charge < -0.3 is 9.84 Å². The number of nitrogens with one attached hydrogen (secondary N) is 2. The Balaban J connectivity index is 1.78. The summed E-state index contributed by atoms with van der Waals surface area (Å²) in [5.74, 6) is -0.341. The number of hydrogen-bond donors (Lipinski definition) is 2. The molecular weight excluding hydrogens is 417 g/mol. The van der Waals surface area contributed by atoms with Gasteiger partial charge in [0.15, 0.2) is 5.76 Å².